The average Bonchev–Trinajstić information content (AvgIpc) is 3.04. The Labute approximate surface area is 189 Å². The van der Waals surface area contributed by atoms with Crippen molar-refractivity contribution in [3.63, 3.8) is 0 Å². The van der Waals surface area contributed by atoms with Gasteiger partial charge in [-0.2, -0.15) is 0 Å². The largest absolute Gasteiger partial charge is 0.444 e. The van der Waals surface area contributed by atoms with Crippen molar-refractivity contribution in [2.75, 3.05) is 13.1 Å². The summed E-state index contributed by atoms with van der Waals surface area (Å²) >= 11 is 1.69. The molecule has 1 aliphatic heterocycles. The molecule has 2 rings (SSSR count). The molecule has 0 radical (unpaired) electrons. The molecule has 0 atom stereocenters. The quantitative estimate of drug-likeness (QED) is 0.510. The zero-order valence-electron chi connectivity index (χ0n) is 20.1. The number of hydrogen-bond acceptors (Lipinski definition) is 5. The molecule has 7 heteroatoms. The summed E-state index contributed by atoms with van der Waals surface area (Å²) in [5, 5.41) is 2.62. The monoisotopic (exact) mass is 446 g/mol. The Kier molecular flexibility index (Phi) is 7.53. The molecule has 0 aromatic carbocycles. The molecule has 1 N–H and O–H groups in total. The molecule has 0 saturated carbocycles. The number of allylic oxidation sites excluding steroid dienone is 2. The van der Waals surface area contributed by atoms with Crippen molar-refractivity contribution in [1.82, 2.24) is 10.2 Å². The lowest BCUT2D eigenvalue weighted by atomic mass is 9.87. The SMILES string of the molecule is CC(C)=C1C(=O)N(CCNC(=O)OC(C)(C)C)C(=O)/C1=C(/c1cc(C)sc1C)C(C)C. The van der Waals surface area contributed by atoms with Crippen LogP contribution in [0.2, 0.25) is 0 Å². The number of hydrogen-bond donors (Lipinski definition) is 1. The van der Waals surface area contributed by atoms with Gasteiger partial charge in [0.2, 0.25) is 0 Å². The Morgan fingerprint density at radius 2 is 1.71 bits per heavy atom. The molecule has 0 aliphatic carbocycles. The first-order valence-corrected chi connectivity index (χ1v) is 11.4. The van der Waals surface area contributed by atoms with Crippen molar-refractivity contribution in [1.29, 1.82) is 0 Å². The van der Waals surface area contributed by atoms with Crippen molar-refractivity contribution >= 4 is 34.8 Å². The Bertz CT molecular complexity index is 957. The number of alkyl carbamates (subject to hydrolysis) is 1. The van der Waals surface area contributed by atoms with E-state index in [9.17, 15) is 14.4 Å². The van der Waals surface area contributed by atoms with E-state index in [1.165, 1.54) is 9.78 Å². The number of nitrogens with zero attached hydrogens (tertiary/aromatic N) is 1. The fourth-order valence-electron chi connectivity index (χ4n) is 3.71. The third-order valence-corrected chi connectivity index (χ3v) is 5.82. The summed E-state index contributed by atoms with van der Waals surface area (Å²) in [5.41, 5.74) is 3.07. The third kappa shape index (κ3) is 5.64. The van der Waals surface area contributed by atoms with Crippen molar-refractivity contribution in [2.45, 2.75) is 67.9 Å². The number of nitrogens with one attached hydrogen (secondary N) is 1. The number of ether oxygens (including phenoxy) is 1. The maximum absolute atomic E-state index is 13.4. The second-order valence-electron chi connectivity index (χ2n) is 9.34. The van der Waals surface area contributed by atoms with Crippen LogP contribution >= 0.6 is 11.3 Å². The molecule has 170 valence electrons. The van der Waals surface area contributed by atoms with Crippen molar-refractivity contribution in [3.05, 3.63) is 38.1 Å². The highest BCUT2D eigenvalue weighted by Crippen LogP contribution is 2.40. The van der Waals surface area contributed by atoms with Gasteiger partial charge < -0.3 is 10.1 Å². The van der Waals surface area contributed by atoms with Gasteiger partial charge in [0.1, 0.15) is 5.60 Å². The average molecular weight is 447 g/mol. The zero-order chi connectivity index (χ0) is 23.7. The van der Waals surface area contributed by atoms with Gasteiger partial charge in [-0.3, -0.25) is 14.5 Å². The standard InChI is InChI=1S/C24H34N2O4S/c1-13(2)18(17-12-15(5)31-16(17)6)20-19(14(3)4)21(27)26(22(20)28)11-10-25-23(29)30-24(7,8)9/h12-13H,10-11H2,1-9H3,(H,25,29)/b20-18+. The molecule has 31 heavy (non-hydrogen) atoms. The first kappa shape index (κ1) is 24.9. The van der Waals surface area contributed by atoms with Crippen LogP contribution in [-0.2, 0) is 14.3 Å². The second-order valence-corrected chi connectivity index (χ2v) is 10.8. The number of carbonyl (C=O) groups is 3. The van der Waals surface area contributed by atoms with E-state index in [1.54, 1.807) is 32.1 Å². The lowest BCUT2D eigenvalue weighted by molar-refractivity contribution is -0.136. The minimum absolute atomic E-state index is 0.0636. The van der Waals surface area contributed by atoms with Gasteiger partial charge in [-0.15, -0.1) is 11.3 Å². The van der Waals surface area contributed by atoms with Crippen LogP contribution in [0.15, 0.2) is 22.8 Å². The highest BCUT2D eigenvalue weighted by Gasteiger charge is 2.42. The van der Waals surface area contributed by atoms with Gasteiger partial charge >= 0.3 is 6.09 Å². The van der Waals surface area contributed by atoms with Gasteiger partial charge in [-0.1, -0.05) is 19.4 Å². The first-order valence-electron chi connectivity index (χ1n) is 10.6. The van der Waals surface area contributed by atoms with Gasteiger partial charge in [0, 0.05) is 22.8 Å². The van der Waals surface area contributed by atoms with E-state index in [-0.39, 0.29) is 30.8 Å². The zero-order valence-corrected chi connectivity index (χ0v) is 20.9. The van der Waals surface area contributed by atoms with Crippen LogP contribution in [0.3, 0.4) is 0 Å². The fourth-order valence-corrected chi connectivity index (χ4v) is 4.65. The van der Waals surface area contributed by atoms with Crippen LogP contribution in [-0.4, -0.2) is 41.5 Å². The maximum Gasteiger partial charge on any atom is 0.407 e. The van der Waals surface area contributed by atoms with E-state index < -0.39 is 11.7 Å². The second kappa shape index (κ2) is 9.39. The smallest absolute Gasteiger partial charge is 0.407 e. The molecule has 0 bridgehead atoms. The number of likely N-dealkylation sites (tertiary alicyclic amines) is 1. The molecule has 2 heterocycles. The summed E-state index contributed by atoms with van der Waals surface area (Å²) in [6.07, 6.45) is -0.572. The Balaban J connectivity index is 2.41. The fraction of sp³-hybridized carbons (Fsp3) is 0.542. The Morgan fingerprint density at radius 1 is 1.13 bits per heavy atom. The van der Waals surface area contributed by atoms with Gasteiger partial charge in [-0.05, 0) is 71.6 Å². The van der Waals surface area contributed by atoms with E-state index in [1.807, 2.05) is 41.5 Å². The molecule has 0 spiro atoms. The van der Waals surface area contributed by atoms with Crippen LogP contribution in [0.1, 0.15) is 63.8 Å². The highest BCUT2D eigenvalue weighted by atomic mass is 32.1. The summed E-state index contributed by atoms with van der Waals surface area (Å²) in [5.74, 6) is -0.554. The lowest BCUT2D eigenvalue weighted by Gasteiger charge is -2.20. The molecule has 0 unspecified atom stereocenters. The van der Waals surface area contributed by atoms with Crippen molar-refractivity contribution in [3.8, 4) is 0 Å². The summed E-state index contributed by atoms with van der Waals surface area (Å²) in [4.78, 5) is 42.1. The highest BCUT2D eigenvalue weighted by molar-refractivity contribution is 7.12. The first-order chi connectivity index (χ1) is 14.2. The van der Waals surface area contributed by atoms with E-state index in [0.717, 1.165) is 21.6 Å². The number of thiophene rings is 1. The van der Waals surface area contributed by atoms with Gasteiger partial charge in [0.05, 0.1) is 11.1 Å². The van der Waals surface area contributed by atoms with Crippen LogP contribution in [0.25, 0.3) is 5.57 Å². The maximum atomic E-state index is 13.4. The molecule has 1 aromatic rings. The van der Waals surface area contributed by atoms with Gasteiger partial charge in [0.25, 0.3) is 11.8 Å². The Hall–Kier alpha value is -2.41. The van der Waals surface area contributed by atoms with Gasteiger partial charge in [0.15, 0.2) is 0 Å². The van der Waals surface area contributed by atoms with Crippen LogP contribution in [0.5, 0.6) is 0 Å². The van der Waals surface area contributed by atoms with E-state index in [0.29, 0.717) is 11.1 Å². The van der Waals surface area contributed by atoms with E-state index in [4.69, 9.17) is 4.74 Å². The molecule has 3 amide bonds. The summed E-state index contributed by atoms with van der Waals surface area (Å²) in [6.45, 7) is 17.4. The molecule has 1 aliphatic rings. The summed E-state index contributed by atoms with van der Waals surface area (Å²) < 4.78 is 5.22. The minimum Gasteiger partial charge on any atom is -0.444 e. The minimum atomic E-state index is -0.614. The van der Waals surface area contributed by atoms with Crippen molar-refractivity contribution < 1.29 is 19.1 Å². The van der Waals surface area contributed by atoms with Crippen LogP contribution < -0.4 is 5.32 Å². The lowest BCUT2D eigenvalue weighted by Crippen LogP contribution is -2.40. The van der Waals surface area contributed by atoms with Crippen LogP contribution in [0.4, 0.5) is 4.79 Å². The molecular formula is C24H34N2O4S. The number of amides is 3. The summed E-state index contributed by atoms with van der Waals surface area (Å²) in [6, 6.07) is 2.09. The Morgan fingerprint density at radius 3 is 2.16 bits per heavy atom. The topological polar surface area (TPSA) is 75.7 Å². The molecule has 6 nitrogen and oxygen atoms in total. The molecule has 1 fully saturated rings. The van der Waals surface area contributed by atoms with E-state index >= 15 is 0 Å². The van der Waals surface area contributed by atoms with Crippen molar-refractivity contribution in [2.24, 2.45) is 5.92 Å². The predicted octanol–water partition coefficient (Wildman–Crippen LogP) is 5.00. The summed E-state index contributed by atoms with van der Waals surface area (Å²) in [7, 11) is 0. The van der Waals surface area contributed by atoms with Gasteiger partial charge in [-0.25, -0.2) is 4.79 Å². The normalized spacial score (nSPS) is 16.3. The number of rotatable bonds is 5. The third-order valence-electron chi connectivity index (χ3n) is 4.85. The number of carbonyl (C=O) groups excluding carboxylic acids is 3. The van der Waals surface area contributed by atoms with Crippen LogP contribution in [0, 0.1) is 19.8 Å². The number of aryl methyl sites for hydroxylation is 2. The van der Waals surface area contributed by atoms with E-state index in [2.05, 4.69) is 11.4 Å². The molecule has 1 aromatic heterocycles. The molecule has 1 saturated heterocycles. The number of imide groups is 1. The molecular weight excluding hydrogens is 412 g/mol. The predicted molar refractivity (Wildman–Crippen MR) is 125 cm³/mol.